The molecular weight excluding hydrogens is 250 g/mol. The van der Waals surface area contributed by atoms with Crippen molar-refractivity contribution in [2.45, 2.75) is 45.8 Å². The van der Waals surface area contributed by atoms with Crippen LogP contribution in [0.2, 0.25) is 5.02 Å². The van der Waals surface area contributed by atoms with Crippen LogP contribution in [-0.2, 0) is 6.42 Å². The fourth-order valence-electron chi connectivity index (χ4n) is 1.77. The van der Waals surface area contributed by atoms with Gasteiger partial charge in [0.2, 0.25) is 0 Å². The van der Waals surface area contributed by atoms with Crippen LogP contribution < -0.4 is 15.2 Å². The first-order chi connectivity index (χ1) is 8.23. The summed E-state index contributed by atoms with van der Waals surface area (Å²) in [5, 5.41) is 0.627. The Morgan fingerprint density at radius 3 is 2.39 bits per heavy atom. The van der Waals surface area contributed by atoms with Gasteiger partial charge in [-0.2, -0.15) is 0 Å². The van der Waals surface area contributed by atoms with Crippen LogP contribution >= 0.6 is 11.6 Å². The van der Waals surface area contributed by atoms with Crippen molar-refractivity contribution in [1.29, 1.82) is 0 Å². The van der Waals surface area contributed by atoms with E-state index >= 15 is 0 Å². The Morgan fingerprint density at radius 2 is 1.94 bits per heavy atom. The van der Waals surface area contributed by atoms with E-state index < -0.39 is 0 Å². The number of rotatable bonds is 5. The molecule has 0 bridgehead atoms. The van der Waals surface area contributed by atoms with Gasteiger partial charge in [-0.25, -0.2) is 0 Å². The second-order valence-corrected chi connectivity index (χ2v) is 5.86. The van der Waals surface area contributed by atoms with Crippen LogP contribution in [0.1, 0.15) is 33.3 Å². The van der Waals surface area contributed by atoms with Gasteiger partial charge in [-0.1, -0.05) is 11.6 Å². The zero-order valence-corrected chi connectivity index (χ0v) is 12.5. The minimum absolute atomic E-state index is 0.0692. The lowest BCUT2D eigenvalue weighted by Gasteiger charge is -2.23. The van der Waals surface area contributed by atoms with Crippen molar-refractivity contribution in [2.24, 2.45) is 5.73 Å². The summed E-state index contributed by atoms with van der Waals surface area (Å²) in [6, 6.07) is 3.64. The molecule has 0 atom stereocenters. The van der Waals surface area contributed by atoms with Gasteiger partial charge in [0.1, 0.15) is 0 Å². The number of methoxy groups -OCH3 is 1. The molecule has 1 aromatic carbocycles. The van der Waals surface area contributed by atoms with E-state index in [4.69, 9.17) is 26.8 Å². The van der Waals surface area contributed by atoms with Crippen LogP contribution in [0.5, 0.6) is 11.5 Å². The normalized spacial score (nSPS) is 11.8. The number of ether oxygens (including phenoxy) is 2. The number of hydrogen-bond donors (Lipinski definition) is 1. The van der Waals surface area contributed by atoms with Gasteiger partial charge in [-0.05, 0) is 40.2 Å². The highest BCUT2D eigenvalue weighted by molar-refractivity contribution is 6.30. The fraction of sp³-hybridized carbons (Fsp3) is 0.571. The van der Waals surface area contributed by atoms with E-state index in [2.05, 4.69) is 0 Å². The highest BCUT2D eigenvalue weighted by Crippen LogP contribution is 2.36. The predicted molar refractivity (Wildman–Crippen MR) is 75.7 cm³/mol. The highest BCUT2D eigenvalue weighted by atomic mass is 35.5. The molecule has 0 aliphatic heterocycles. The van der Waals surface area contributed by atoms with Gasteiger partial charge in [0, 0.05) is 22.2 Å². The Bertz CT molecular complexity index is 411. The molecular formula is C14H22ClNO2. The first kappa shape index (κ1) is 15.1. The molecule has 4 heteroatoms. The maximum absolute atomic E-state index is 6.09. The fourth-order valence-corrected chi connectivity index (χ4v) is 2.00. The third-order valence-corrected chi connectivity index (χ3v) is 2.53. The summed E-state index contributed by atoms with van der Waals surface area (Å²) in [5.41, 5.74) is 6.71. The SMILES string of the molecule is COc1cc(Cl)cc(CC(C)(C)N)c1OC(C)C. The van der Waals surface area contributed by atoms with Gasteiger partial charge in [-0.3, -0.25) is 0 Å². The zero-order chi connectivity index (χ0) is 13.9. The van der Waals surface area contributed by atoms with Gasteiger partial charge in [0.15, 0.2) is 11.5 Å². The summed E-state index contributed by atoms with van der Waals surface area (Å²) in [4.78, 5) is 0. The summed E-state index contributed by atoms with van der Waals surface area (Å²) in [5.74, 6) is 1.38. The van der Waals surface area contributed by atoms with Crippen molar-refractivity contribution >= 4 is 11.6 Å². The van der Waals surface area contributed by atoms with Crippen LogP contribution in [0.25, 0.3) is 0 Å². The number of hydrogen-bond acceptors (Lipinski definition) is 3. The van der Waals surface area contributed by atoms with Crippen LogP contribution in [0.15, 0.2) is 12.1 Å². The van der Waals surface area contributed by atoms with E-state index in [0.717, 1.165) is 11.3 Å². The summed E-state index contributed by atoms with van der Waals surface area (Å²) in [7, 11) is 1.61. The van der Waals surface area contributed by atoms with Crippen molar-refractivity contribution in [1.82, 2.24) is 0 Å². The Kier molecular flexibility index (Phi) is 4.88. The monoisotopic (exact) mass is 271 g/mol. The van der Waals surface area contributed by atoms with Crippen molar-refractivity contribution in [3.8, 4) is 11.5 Å². The molecule has 0 saturated carbocycles. The van der Waals surface area contributed by atoms with E-state index in [1.54, 1.807) is 13.2 Å². The summed E-state index contributed by atoms with van der Waals surface area (Å²) in [6.45, 7) is 7.90. The van der Waals surface area contributed by atoms with Crippen LogP contribution in [0.4, 0.5) is 0 Å². The third kappa shape index (κ3) is 4.39. The second kappa shape index (κ2) is 5.81. The lowest BCUT2D eigenvalue weighted by Crippen LogP contribution is -2.34. The van der Waals surface area contributed by atoms with Gasteiger partial charge in [0.05, 0.1) is 13.2 Å². The molecule has 102 valence electrons. The number of halogens is 1. The summed E-state index contributed by atoms with van der Waals surface area (Å²) >= 11 is 6.09. The average Bonchev–Trinajstić information content (AvgIpc) is 2.18. The molecule has 0 aliphatic carbocycles. The lowest BCUT2D eigenvalue weighted by atomic mass is 9.95. The van der Waals surface area contributed by atoms with Crippen LogP contribution in [0, 0.1) is 0 Å². The Labute approximate surface area is 114 Å². The van der Waals surface area contributed by atoms with Crippen LogP contribution in [0.3, 0.4) is 0 Å². The second-order valence-electron chi connectivity index (χ2n) is 5.43. The third-order valence-electron chi connectivity index (χ3n) is 2.32. The first-order valence-electron chi connectivity index (χ1n) is 6.05. The van der Waals surface area contributed by atoms with E-state index in [1.165, 1.54) is 0 Å². The molecule has 0 aromatic heterocycles. The predicted octanol–water partition coefficient (Wildman–Crippen LogP) is 3.42. The quantitative estimate of drug-likeness (QED) is 0.892. The average molecular weight is 272 g/mol. The van der Waals surface area contributed by atoms with E-state index in [0.29, 0.717) is 17.2 Å². The minimum Gasteiger partial charge on any atom is -0.493 e. The molecule has 0 unspecified atom stereocenters. The maximum Gasteiger partial charge on any atom is 0.164 e. The largest absolute Gasteiger partial charge is 0.493 e. The zero-order valence-electron chi connectivity index (χ0n) is 11.7. The molecule has 18 heavy (non-hydrogen) atoms. The molecule has 0 radical (unpaired) electrons. The van der Waals surface area contributed by atoms with E-state index in [-0.39, 0.29) is 11.6 Å². The van der Waals surface area contributed by atoms with Gasteiger partial charge >= 0.3 is 0 Å². The Morgan fingerprint density at radius 1 is 1.33 bits per heavy atom. The Hall–Kier alpha value is -0.930. The smallest absolute Gasteiger partial charge is 0.164 e. The van der Waals surface area contributed by atoms with Crippen molar-refractivity contribution in [3.05, 3.63) is 22.7 Å². The number of benzene rings is 1. The molecule has 0 fully saturated rings. The van der Waals surface area contributed by atoms with Crippen molar-refractivity contribution in [2.75, 3.05) is 7.11 Å². The molecule has 1 aromatic rings. The van der Waals surface area contributed by atoms with Crippen molar-refractivity contribution < 1.29 is 9.47 Å². The molecule has 0 amide bonds. The van der Waals surface area contributed by atoms with Gasteiger partial charge < -0.3 is 15.2 Å². The molecule has 0 spiro atoms. The molecule has 0 heterocycles. The summed E-state index contributed by atoms with van der Waals surface area (Å²) in [6.07, 6.45) is 0.742. The maximum atomic E-state index is 6.09. The topological polar surface area (TPSA) is 44.5 Å². The highest BCUT2D eigenvalue weighted by Gasteiger charge is 2.20. The first-order valence-corrected chi connectivity index (χ1v) is 6.42. The minimum atomic E-state index is -0.329. The molecule has 2 N–H and O–H groups in total. The molecule has 0 saturated heterocycles. The van der Waals surface area contributed by atoms with E-state index in [1.807, 2.05) is 33.8 Å². The van der Waals surface area contributed by atoms with Gasteiger partial charge in [-0.15, -0.1) is 0 Å². The molecule has 0 aliphatic rings. The molecule has 3 nitrogen and oxygen atoms in total. The lowest BCUT2D eigenvalue weighted by molar-refractivity contribution is 0.226. The van der Waals surface area contributed by atoms with Crippen LogP contribution in [-0.4, -0.2) is 18.8 Å². The standard InChI is InChI=1S/C14H22ClNO2/c1-9(2)18-13-10(8-14(3,4)16)6-11(15)7-12(13)17-5/h6-7,9H,8,16H2,1-5H3. The molecule has 1 rings (SSSR count). The Balaban J connectivity index is 3.23. The summed E-state index contributed by atoms with van der Waals surface area (Å²) < 4.78 is 11.2. The number of nitrogens with two attached hydrogens (primary N) is 1. The van der Waals surface area contributed by atoms with E-state index in [9.17, 15) is 0 Å². The van der Waals surface area contributed by atoms with Gasteiger partial charge in [0.25, 0.3) is 0 Å². The van der Waals surface area contributed by atoms with Crippen molar-refractivity contribution in [3.63, 3.8) is 0 Å².